The van der Waals surface area contributed by atoms with Gasteiger partial charge in [0.2, 0.25) is 0 Å². The van der Waals surface area contributed by atoms with Crippen LogP contribution in [0.25, 0.3) is 0 Å². The molecule has 2 rings (SSSR count). The number of rotatable bonds is 5. The molecule has 0 saturated heterocycles. The van der Waals surface area contributed by atoms with Crippen molar-refractivity contribution in [3.63, 3.8) is 0 Å². The van der Waals surface area contributed by atoms with Gasteiger partial charge in [-0.05, 0) is 0 Å². The molecule has 0 aromatic heterocycles. The summed E-state index contributed by atoms with van der Waals surface area (Å²) in [6, 6.07) is 16.4. The predicted octanol–water partition coefficient (Wildman–Crippen LogP) is 4.96. The second-order valence-corrected chi connectivity index (χ2v) is 6.85. The van der Waals surface area contributed by atoms with E-state index in [2.05, 4.69) is 24.3 Å². The van der Waals surface area contributed by atoms with E-state index in [1.807, 2.05) is 24.3 Å². The Balaban J connectivity index is 0. The molecule has 3 nitrogen and oxygen atoms in total. The van der Waals surface area contributed by atoms with Gasteiger partial charge in [-0.15, -0.1) is 0 Å². The Morgan fingerprint density at radius 1 is 0.727 bits per heavy atom. The summed E-state index contributed by atoms with van der Waals surface area (Å²) in [5, 5.41) is 1.58. The average Bonchev–Trinajstić information content (AvgIpc) is 2.43. The van der Waals surface area contributed by atoms with Gasteiger partial charge in [-0.2, -0.15) is 0 Å². The molecule has 0 saturated carbocycles. The van der Waals surface area contributed by atoms with Crippen molar-refractivity contribution in [1.82, 2.24) is 0 Å². The van der Waals surface area contributed by atoms with Crippen LogP contribution < -0.4 is 0 Å². The van der Waals surface area contributed by atoms with Crippen LogP contribution >= 0.6 is 23.2 Å². The smallest absolute Gasteiger partial charge is 0.870 e. The topological polar surface area (TPSA) is 90.0 Å². The minimum atomic E-state index is 0. The zero-order valence-corrected chi connectivity index (χ0v) is 16.3. The quantitative estimate of drug-likeness (QED) is 0.606. The molecule has 0 heterocycles. The minimum Gasteiger partial charge on any atom is -0.870 e. The molecule has 0 bridgehead atoms. The molecule has 2 aromatic carbocycles. The molecule has 0 aliphatic heterocycles. The maximum Gasteiger partial charge on any atom is -0.870 e. The first-order chi connectivity index (χ1) is 9.20. The van der Waals surface area contributed by atoms with E-state index in [1.54, 1.807) is 22.5 Å². The molecule has 6 heteroatoms. The summed E-state index contributed by atoms with van der Waals surface area (Å²) in [5.74, 6) is 0.440. The van der Waals surface area contributed by atoms with Crippen LogP contribution in [0.5, 0.6) is 0 Å². The van der Waals surface area contributed by atoms with Gasteiger partial charge in [0.05, 0.1) is 0 Å². The molecule has 0 spiro atoms. The Bertz CT molecular complexity index is 472. The molecular formula is C16H18Cl2O3Sn. The van der Waals surface area contributed by atoms with Gasteiger partial charge in [0.15, 0.2) is 0 Å². The molecule has 3 N–H and O–H groups in total. The number of benzene rings is 2. The third-order valence-corrected chi connectivity index (χ3v) is 4.73. The molecule has 0 atom stereocenters. The molecule has 0 radical (unpaired) electrons. The van der Waals surface area contributed by atoms with Gasteiger partial charge in [0.1, 0.15) is 0 Å². The van der Waals surface area contributed by atoms with E-state index in [-0.39, 0.29) is 16.4 Å². The molecule has 22 heavy (non-hydrogen) atoms. The second kappa shape index (κ2) is 12.2. The van der Waals surface area contributed by atoms with Gasteiger partial charge in [0.25, 0.3) is 0 Å². The third kappa shape index (κ3) is 6.85. The summed E-state index contributed by atoms with van der Waals surface area (Å²) < 4.78 is 1.30. The maximum absolute atomic E-state index is 5.97. The summed E-state index contributed by atoms with van der Waals surface area (Å²) in [4.78, 5) is 0. The van der Waals surface area contributed by atoms with Gasteiger partial charge in [0, 0.05) is 0 Å². The summed E-state index contributed by atoms with van der Waals surface area (Å²) in [6.45, 7) is 0. The first-order valence-corrected chi connectivity index (χ1v) is 9.13. The Kier molecular flexibility index (Phi) is 13.2. The van der Waals surface area contributed by atoms with Crippen molar-refractivity contribution in [2.75, 3.05) is 0 Å². The van der Waals surface area contributed by atoms with Crippen molar-refractivity contribution in [1.29, 1.82) is 0 Å². The van der Waals surface area contributed by atoms with Crippen molar-refractivity contribution >= 4 is 45.7 Å². The van der Waals surface area contributed by atoms with Gasteiger partial charge in [-0.25, -0.2) is 0 Å². The molecule has 0 amide bonds. The van der Waals surface area contributed by atoms with E-state index in [1.165, 1.54) is 28.4 Å². The zero-order chi connectivity index (χ0) is 13.7. The Hall–Kier alpha value is -0.301. The van der Waals surface area contributed by atoms with Crippen molar-refractivity contribution in [3.05, 3.63) is 69.7 Å². The standard InChI is InChI=1S/C16H15Cl2.3H2O.Sn/c1-2-3-16(12-4-8-14(17)9-5-12)13-6-10-15(18)11-7-13;;;;/h4-11,16H,1-3H2;3*1H2;/q;;;;+3/p-3. The summed E-state index contributed by atoms with van der Waals surface area (Å²) in [5.41, 5.74) is 2.66. The summed E-state index contributed by atoms with van der Waals surface area (Å²) >= 11 is 13.6. The Morgan fingerprint density at radius 2 is 1.09 bits per heavy atom. The molecule has 118 valence electrons. The normalized spacial score (nSPS) is 9.50. The fourth-order valence-electron chi connectivity index (χ4n) is 2.22. The maximum atomic E-state index is 5.97. The van der Waals surface area contributed by atoms with Crippen molar-refractivity contribution < 1.29 is 16.4 Å². The SMILES string of the molecule is Clc1ccc(C(CC[CH2][Sn+3])c2ccc(Cl)cc2)cc1.[OH-].[OH-].[OH-]. The first kappa shape index (κ1) is 24.0. The zero-order valence-electron chi connectivity index (χ0n) is 11.9. The summed E-state index contributed by atoms with van der Waals surface area (Å²) in [7, 11) is 0. The van der Waals surface area contributed by atoms with Crippen molar-refractivity contribution in [2.24, 2.45) is 0 Å². The average molecular weight is 448 g/mol. The van der Waals surface area contributed by atoms with Crippen LogP contribution in [0.1, 0.15) is 29.9 Å². The van der Waals surface area contributed by atoms with Crippen molar-refractivity contribution in [3.8, 4) is 0 Å². The molecule has 0 unspecified atom stereocenters. The van der Waals surface area contributed by atoms with E-state index in [0.717, 1.165) is 10.0 Å². The van der Waals surface area contributed by atoms with E-state index >= 15 is 0 Å². The monoisotopic (exact) mass is 448 g/mol. The second-order valence-electron chi connectivity index (χ2n) is 4.55. The van der Waals surface area contributed by atoms with Gasteiger partial charge in [-0.3, -0.25) is 0 Å². The fourth-order valence-corrected chi connectivity index (χ4v) is 3.06. The van der Waals surface area contributed by atoms with Gasteiger partial charge >= 0.3 is 139 Å². The van der Waals surface area contributed by atoms with Crippen molar-refractivity contribution in [2.45, 2.75) is 23.2 Å². The van der Waals surface area contributed by atoms with Gasteiger partial charge in [-0.1, -0.05) is 0 Å². The molecular weight excluding hydrogens is 430 g/mol. The van der Waals surface area contributed by atoms with Crippen LogP contribution in [0.15, 0.2) is 48.5 Å². The molecule has 0 aliphatic carbocycles. The fraction of sp³-hybridized carbons (Fsp3) is 0.250. The largest absolute Gasteiger partial charge is 0.870 e. The summed E-state index contributed by atoms with van der Waals surface area (Å²) in [6.07, 6.45) is 2.43. The third-order valence-electron chi connectivity index (χ3n) is 3.21. The first-order valence-electron chi connectivity index (χ1n) is 6.36. The molecule has 0 aliphatic rings. The predicted molar refractivity (Wildman–Crippen MR) is 90.3 cm³/mol. The van der Waals surface area contributed by atoms with E-state index < -0.39 is 0 Å². The van der Waals surface area contributed by atoms with Crippen LogP contribution in [-0.2, 0) is 0 Å². The Labute approximate surface area is 154 Å². The Morgan fingerprint density at radius 3 is 1.41 bits per heavy atom. The minimum absolute atomic E-state index is 0. The number of halogens is 2. The van der Waals surface area contributed by atoms with E-state index in [9.17, 15) is 0 Å². The number of hydrogen-bond donors (Lipinski definition) is 0. The van der Waals surface area contributed by atoms with E-state index in [4.69, 9.17) is 23.2 Å². The van der Waals surface area contributed by atoms with Gasteiger partial charge < -0.3 is 16.4 Å². The molecule has 0 fully saturated rings. The molecule has 2 aromatic rings. The van der Waals surface area contributed by atoms with Crippen LogP contribution in [0, 0.1) is 0 Å². The van der Waals surface area contributed by atoms with Crippen LogP contribution in [0.3, 0.4) is 0 Å². The van der Waals surface area contributed by atoms with Crippen LogP contribution in [-0.4, -0.2) is 39.0 Å². The number of hydrogen-bond acceptors (Lipinski definition) is 3. The van der Waals surface area contributed by atoms with Crippen LogP contribution in [0.4, 0.5) is 0 Å². The van der Waals surface area contributed by atoms with E-state index in [0.29, 0.717) is 5.92 Å². The van der Waals surface area contributed by atoms with Crippen LogP contribution in [0.2, 0.25) is 14.5 Å².